The Morgan fingerprint density at radius 1 is 1.19 bits per heavy atom. The van der Waals surface area contributed by atoms with Gasteiger partial charge in [-0.05, 0) is 43.4 Å². The van der Waals surface area contributed by atoms with Crippen LogP contribution in [0, 0.1) is 17.8 Å². The van der Waals surface area contributed by atoms with Gasteiger partial charge in [-0.3, -0.25) is 0 Å². The molecule has 124 valence electrons. The van der Waals surface area contributed by atoms with Crippen LogP contribution >= 0.6 is 0 Å². The van der Waals surface area contributed by atoms with Crippen molar-refractivity contribution in [2.24, 2.45) is 17.8 Å². The molecule has 2 aliphatic rings. The number of nitrogens with zero attached hydrogens (tertiary/aromatic N) is 1. The Morgan fingerprint density at radius 2 is 1.90 bits per heavy atom. The highest BCUT2D eigenvalue weighted by atomic mass is 32.2. The van der Waals surface area contributed by atoms with Crippen LogP contribution < -0.4 is 4.72 Å². The van der Waals surface area contributed by atoms with Gasteiger partial charge in [0.25, 0.3) is 10.2 Å². The monoisotopic (exact) mass is 318 g/mol. The Bertz CT molecular complexity index is 425. The van der Waals surface area contributed by atoms with E-state index in [4.69, 9.17) is 0 Å². The van der Waals surface area contributed by atoms with E-state index in [1.54, 1.807) is 0 Å². The van der Waals surface area contributed by atoms with Crippen molar-refractivity contribution in [1.29, 1.82) is 0 Å². The molecular formula is C15H30N2O3S. The molecule has 0 amide bonds. The topological polar surface area (TPSA) is 69.6 Å². The number of nitrogens with one attached hydrogen (secondary N) is 1. The van der Waals surface area contributed by atoms with Crippen LogP contribution in [0.4, 0.5) is 0 Å². The van der Waals surface area contributed by atoms with Crippen molar-refractivity contribution in [3.8, 4) is 0 Å². The lowest BCUT2D eigenvalue weighted by Gasteiger charge is -2.37. The quantitative estimate of drug-likeness (QED) is 0.811. The molecule has 0 spiro atoms. The standard InChI is InChI=1S/C15H30N2O3S/c1-12(2)14-7-3-4-8-15(14)16-21(19,20)17-9-5-6-13(10-17)11-18/h12-16,18H,3-11H2,1-2H3. The molecule has 6 heteroatoms. The third-order valence-electron chi connectivity index (χ3n) is 5.06. The zero-order chi connectivity index (χ0) is 15.5. The van der Waals surface area contributed by atoms with Gasteiger partial charge in [-0.1, -0.05) is 26.7 Å². The summed E-state index contributed by atoms with van der Waals surface area (Å²) in [4.78, 5) is 0. The van der Waals surface area contributed by atoms with E-state index in [2.05, 4.69) is 18.6 Å². The van der Waals surface area contributed by atoms with E-state index in [-0.39, 0.29) is 18.6 Å². The summed E-state index contributed by atoms with van der Waals surface area (Å²) in [5, 5.41) is 9.27. The molecule has 3 atom stereocenters. The molecule has 1 aliphatic carbocycles. The molecule has 0 aromatic heterocycles. The van der Waals surface area contributed by atoms with Gasteiger partial charge in [0.2, 0.25) is 0 Å². The van der Waals surface area contributed by atoms with E-state index in [1.165, 1.54) is 10.7 Å². The predicted octanol–water partition coefficient (Wildman–Crippen LogP) is 1.74. The predicted molar refractivity (Wildman–Crippen MR) is 84.0 cm³/mol. The molecule has 1 saturated carbocycles. The molecule has 0 aromatic carbocycles. The van der Waals surface area contributed by atoms with Crippen molar-refractivity contribution in [2.75, 3.05) is 19.7 Å². The lowest BCUT2D eigenvalue weighted by Crippen LogP contribution is -2.52. The van der Waals surface area contributed by atoms with Gasteiger partial charge < -0.3 is 5.11 Å². The molecule has 2 rings (SSSR count). The minimum atomic E-state index is -3.42. The maximum Gasteiger partial charge on any atom is 0.279 e. The van der Waals surface area contributed by atoms with Gasteiger partial charge >= 0.3 is 0 Å². The average molecular weight is 318 g/mol. The highest BCUT2D eigenvalue weighted by Gasteiger charge is 2.34. The molecule has 21 heavy (non-hydrogen) atoms. The number of hydrogen-bond acceptors (Lipinski definition) is 3. The third-order valence-corrected chi connectivity index (χ3v) is 6.67. The molecule has 2 N–H and O–H groups in total. The first-order valence-electron chi connectivity index (χ1n) is 8.32. The maximum atomic E-state index is 12.6. The van der Waals surface area contributed by atoms with Gasteiger partial charge in [0.15, 0.2) is 0 Å². The number of aliphatic hydroxyl groups excluding tert-OH is 1. The molecule has 0 aromatic rings. The Kier molecular flexibility index (Phi) is 6.05. The second kappa shape index (κ2) is 7.40. The van der Waals surface area contributed by atoms with E-state index in [1.807, 2.05) is 0 Å². The Balaban J connectivity index is 2.02. The van der Waals surface area contributed by atoms with Crippen LogP contribution in [0.2, 0.25) is 0 Å². The van der Waals surface area contributed by atoms with Crippen LogP contribution in [-0.2, 0) is 10.2 Å². The van der Waals surface area contributed by atoms with Gasteiger partial charge in [-0.25, -0.2) is 0 Å². The van der Waals surface area contributed by atoms with Gasteiger partial charge in [0.05, 0.1) is 0 Å². The lowest BCUT2D eigenvalue weighted by molar-refractivity contribution is 0.162. The number of piperidine rings is 1. The summed E-state index contributed by atoms with van der Waals surface area (Å²) in [6.45, 7) is 5.46. The first-order valence-corrected chi connectivity index (χ1v) is 9.76. The maximum absolute atomic E-state index is 12.6. The number of rotatable bonds is 5. The van der Waals surface area contributed by atoms with Crippen molar-refractivity contribution in [3.63, 3.8) is 0 Å². The zero-order valence-corrected chi connectivity index (χ0v) is 14.1. The van der Waals surface area contributed by atoms with Gasteiger partial charge in [0, 0.05) is 25.7 Å². The van der Waals surface area contributed by atoms with Gasteiger partial charge in [0.1, 0.15) is 0 Å². The summed E-state index contributed by atoms with van der Waals surface area (Å²) in [6, 6.07) is 0.0678. The van der Waals surface area contributed by atoms with Crippen LogP contribution in [0.1, 0.15) is 52.4 Å². The van der Waals surface area contributed by atoms with Gasteiger partial charge in [-0.15, -0.1) is 0 Å². The fourth-order valence-electron chi connectivity index (χ4n) is 3.76. The highest BCUT2D eigenvalue weighted by Crippen LogP contribution is 2.31. The van der Waals surface area contributed by atoms with Crippen LogP contribution in [0.25, 0.3) is 0 Å². The summed E-state index contributed by atoms with van der Waals surface area (Å²) in [5.74, 6) is 1.03. The smallest absolute Gasteiger partial charge is 0.279 e. The molecule has 5 nitrogen and oxygen atoms in total. The number of hydrogen-bond donors (Lipinski definition) is 2. The summed E-state index contributed by atoms with van der Waals surface area (Å²) in [5.41, 5.74) is 0. The Morgan fingerprint density at radius 3 is 2.57 bits per heavy atom. The fourth-order valence-corrected chi connectivity index (χ4v) is 5.36. The fraction of sp³-hybridized carbons (Fsp3) is 1.00. The van der Waals surface area contributed by atoms with Crippen molar-refractivity contribution in [1.82, 2.24) is 9.03 Å². The lowest BCUT2D eigenvalue weighted by atomic mass is 9.78. The van der Waals surface area contributed by atoms with Crippen LogP contribution in [-0.4, -0.2) is 43.6 Å². The molecule has 0 bridgehead atoms. The van der Waals surface area contributed by atoms with E-state index in [0.717, 1.165) is 32.1 Å². The molecule has 1 saturated heterocycles. The van der Waals surface area contributed by atoms with E-state index < -0.39 is 10.2 Å². The normalized spacial score (nSPS) is 32.5. The zero-order valence-electron chi connectivity index (χ0n) is 13.3. The van der Waals surface area contributed by atoms with Crippen LogP contribution in [0.5, 0.6) is 0 Å². The molecular weight excluding hydrogens is 288 g/mol. The average Bonchev–Trinajstić information content (AvgIpc) is 2.47. The first-order chi connectivity index (χ1) is 9.94. The van der Waals surface area contributed by atoms with Crippen molar-refractivity contribution in [3.05, 3.63) is 0 Å². The summed E-state index contributed by atoms with van der Waals surface area (Å²) in [6.07, 6.45) is 6.13. The second-order valence-electron chi connectivity index (χ2n) is 6.97. The molecule has 1 heterocycles. The van der Waals surface area contributed by atoms with Crippen molar-refractivity contribution < 1.29 is 13.5 Å². The second-order valence-corrected chi connectivity index (χ2v) is 8.67. The summed E-state index contributed by atoms with van der Waals surface area (Å²) >= 11 is 0. The van der Waals surface area contributed by atoms with Gasteiger partial charge in [-0.2, -0.15) is 17.4 Å². The molecule has 3 unspecified atom stereocenters. The minimum absolute atomic E-state index is 0.0678. The van der Waals surface area contributed by atoms with Crippen molar-refractivity contribution in [2.45, 2.75) is 58.4 Å². The van der Waals surface area contributed by atoms with E-state index in [9.17, 15) is 13.5 Å². The first kappa shape index (κ1) is 17.2. The summed E-state index contributed by atoms with van der Waals surface area (Å²) < 4.78 is 29.7. The summed E-state index contributed by atoms with van der Waals surface area (Å²) in [7, 11) is -3.42. The largest absolute Gasteiger partial charge is 0.396 e. The van der Waals surface area contributed by atoms with Crippen molar-refractivity contribution >= 4 is 10.2 Å². The molecule has 0 radical (unpaired) electrons. The SMILES string of the molecule is CC(C)C1CCCCC1NS(=O)(=O)N1CCCC(CO)C1. The Hall–Kier alpha value is -0.170. The third kappa shape index (κ3) is 4.41. The van der Waals surface area contributed by atoms with E-state index in [0.29, 0.717) is 24.9 Å². The minimum Gasteiger partial charge on any atom is -0.396 e. The van der Waals surface area contributed by atoms with Crippen LogP contribution in [0.15, 0.2) is 0 Å². The molecule has 2 fully saturated rings. The number of aliphatic hydroxyl groups is 1. The van der Waals surface area contributed by atoms with E-state index >= 15 is 0 Å². The molecule has 1 aliphatic heterocycles. The Labute approximate surface area is 129 Å². The van der Waals surface area contributed by atoms with Crippen LogP contribution in [0.3, 0.4) is 0 Å². The highest BCUT2D eigenvalue weighted by molar-refractivity contribution is 7.87.